The molecule has 4 heterocycles. The van der Waals surface area contributed by atoms with Crippen LogP contribution in [0.1, 0.15) is 50.6 Å². The van der Waals surface area contributed by atoms with Gasteiger partial charge in [-0.25, -0.2) is 0 Å². The van der Waals surface area contributed by atoms with Gasteiger partial charge < -0.3 is 10.2 Å². The molecule has 3 aliphatic heterocycles. The van der Waals surface area contributed by atoms with Crippen LogP contribution in [0.3, 0.4) is 0 Å². The van der Waals surface area contributed by atoms with E-state index in [1.165, 1.54) is 83.2 Å². The lowest BCUT2D eigenvalue weighted by Gasteiger charge is -2.44. The molecular weight excluding hydrogens is 258 g/mol. The summed E-state index contributed by atoms with van der Waals surface area (Å²) in [5, 5.41) is 3.35. The van der Waals surface area contributed by atoms with E-state index < -0.39 is 0 Å². The summed E-state index contributed by atoms with van der Waals surface area (Å²) in [6.07, 6.45) is 13.0. The van der Waals surface area contributed by atoms with Crippen LogP contribution in [-0.4, -0.2) is 36.7 Å². The van der Waals surface area contributed by atoms with E-state index in [-0.39, 0.29) is 0 Å². The van der Waals surface area contributed by atoms with Crippen LogP contribution < -0.4 is 10.2 Å². The average Bonchev–Trinajstić information content (AvgIpc) is 2.74. The van der Waals surface area contributed by atoms with E-state index in [4.69, 9.17) is 0 Å². The van der Waals surface area contributed by atoms with E-state index in [1.54, 1.807) is 0 Å². The first-order chi connectivity index (χ1) is 10.4. The maximum Gasteiger partial charge on any atom is 0.109 e. The number of nitrogens with zero attached hydrogens (tertiary/aromatic N) is 1. The molecule has 0 spiro atoms. The highest BCUT2D eigenvalue weighted by Crippen LogP contribution is 2.27. The summed E-state index contributed by atoms with van der Waals surface area (Å²) in [5.74, 6) is 0. The minimum absolute atomic E-state index is 0.592. The maximum absolute atomic E-state index is 4.44. The van der Waals surface area contributed by atoms with Crippen molar-refractivity contribution in [1.29, 1.82) is 0 Å². The molecule has 3 fully saturated rings. The van der Waals surface area contributed by atoms with Gasteiger partial charge in [0.25, 0.3) is 0 Å². The summed E-state index contributed by atoms with van der Waals surface area (Å²) in [7, 11) is 0. The summed E-state index contributed by atoms with van der Waals surface area (Å²) in [5.41, 5.74) is 1.88. The molecule has 116 valence electrons. The van der Waals surface area contributed by atoms with Crippen molar-refractivity contribution >= 4 is 0 Å². The Labute approximate surface area is 129 Å². The first kappa shape index (κ1) is 15.0. The predicted octanol–water partition coefficient (Wildman–Crippen LogP) is 1.60. The SMILES string of the molecule is C1CCCNCC1.c1ccc(CC23CCC[NH+]2CC3)nc1. The minimum atomic E-state index is 0.592. The second kappa shape index (κ2) is 7.37. The van der Waals surface area contributed by atoms with E-state index in [9.17, 15) is 0 Å². The van der Waals surface area contributed by atoms with Crippen molar-refractivity contribution in [1.82, 2.24) is 10.3 Å². The zero-order valence-electron chi connectivity index (χ0n) is 13.2. The third-order valence-corrected chi connectivity index (χ3v) is 5.49. The van der Waals surface area contributed by atoms with Gasteiger partial charge in [0.05, 0.1) is 19.5 Å². The van der Waals surface area contributed by atoms with Crippen LogP contribution in [0, 0.1) is 0 Å². The molecule has 3 aliphatic rings. The van der Waals surface area contributed by atoms with E-state index in [1.807, 2.05) is 17.2 Å². The first-order valence-electron chi connectivity index (χ1n) is 8.85. The molecule has 0 saturated carbocycles. The molecule has 1 aromatic rings. The third-order valence-electron chi connectivity index (χ3n) is 5.49. The van der Waals surface area contributed by atoms with Crippen molar-refractivity contribution in [2.75, 3.05) is 26.2 Å². The summed E-state index contributed by atoms with van der Waals surface area (Å²) >= 11 is 0. The largest absolute Gasteiger partial charge is 0.329 e. The highest BCUT2D eigenvalue weighted by molar-refractivity contribution is 5.08. The number of hydrogen-bond acceptors (Lipinski definition) is 2. The van der Waals surface area contributed by atoms with Gasteiger partial charge in [-0.2, -0.15) is 0 Å². The molecule has 0 radical (unpaired) electrons. The van der Waals surface area contributed by atoms with Crippen molar-refractivity contribution < 1.29 is 4.90 Å². The van der Waals surface area contributed by atoms with Gasteiger partial charge in [0.15, 0.2) is 0 Å². The fourth-order valence-electron chi connectivity index (χ4n) is 4.12. The number of hydrogen-bond donors (Lipinski definition) is 2. The standard InChI is InChI=1S/C12H16N2.C6H13N/c1-2-7-13-11(4-1)10-12-5-3-8-14(12)9-6-12;1-2-4-6-7-5-3-1/h1-2,4,7H,3,5-6,8-10H2;7H,1-6H2/p+1. The fourth-order valence-corrected chi connectivity index (χ4v) is 4.12. The quantitative estimate of drug-likeness (QED) is 0.865. The summed E-state index contributed by atoms with van der Waals surface area (Å²) in [6.45, 7) is 5.29. The van der Waals surface area contributed by atoms with Gasteiger partial charge >= 0.3 is 0 Å². The van der Waals surface area contributed by atoms with Gasteiger partial charge in [-0.15, -0.1) is 0 Å². The smallest absolute Gasteiger partial charge is 0.109 e. The Hall–Kier alpha value is -0.930. The highest BCUT2D eigenvalue weighted by Gasteiger charge is 2.52. The maximum atomic E-state index is 4.44. The number of pyridine rings is 1. The Morgan fingerprint density at radius 3 is 2.48 bits per heavy atom. The molecule has 0 bridgehead atoms. The third kappa shape index (κ3) is 3.83. The highest BCUT2D eigenvalue weighted by atomic mass is 15.3. The predicted molar refractivity (Wildman–Crippen MR) is 86.6 cm³/mol. The number of aromatic nitrogens is 1. The van der Waals surface area contributed by atoms with Crippen molar-refractivity contribution in [2.45, 2.75) is 56.9 Å². The summed E-state index contributed by atoms with van der Waals surface area (Å²) in [4.78, 5) is 6.28. The Bertz CT molecular complexity index is 400. The molecule has 2 atom stereocenters. The van der Waals surface area contributed by atoms with Gasteiger partial charge in [0.2, 0.25) is 0 Å². The molecule has 0 aliphatic carbocycles. The van der Waals surface area contributed by atoms with Crippen molar-refractivity contribution in [3.63, 3.8) is 0 Å². The topological polar surface area (TPSA) is 29.4 Å². The van der Waals surface area contributed by atoms with Gasteiger partial charge in [-0.05, 0) is 38.1 Å². The zero-order valence-corrected chi connectivity index (χ0v) is 13.2. The average molecular weight is 288 g/mol. The minimum Gasteiger partial charge on any atom is -0.329 e. The number of fused-ring (bicyclic) bond motifs is 1. The molecule has 4 rings (SSSR count). The summed E-state index contributed by atoms with van der Waals surface area (Å²) in [6, 6.07) is 6.27. The second-order valence-corrected chi connectivity index (χ2v) is 6.90. The van der Waals surface area contributed by atoms with E-state index in [2.05, 4.69) is 22.4 Å². The Kier molecular flexibility index (Phi) is 5.26. The van der Waals surface area contributed by atoms with E-state index >= 15 is 0 Å². The van der Waals surface area contributed by atoms with Crippen molar-refractivity contribution in [3.8, 4) is 0 Å². The Balaban J connectivity index is 0.000000160. The number of quaternary nitrogens is 1. The number of nitrogens with one attached hydrogen (secondary N) is 2. The van der Waals surface area contributed by atoms with Gasteiger partial charge in [0.1, 0.15) is 5.54 Å². The molecule has 21 heavy (non-hydrogen) atoms. The zero-order chi connectivity index (χ0) is 14.4. The van der Waals surface area contributed by atoms with Crippen LogP contribution in [0.5, 0.6) is 0 Å². The molecule has 3 heteroatoms. The molecule has 2 N–H and O–H groups in total. The molecule has 2 unspecified atom stereocenters. The second-order valence-electron chi connectivity index (χ2n) is 6.90. The van der Waals surface area contributed by atoms with Crippen LogP contribution in [0.25, 0.3) is 0 Å². The molecular formula is C18H30N3+. The number of rotatable bonds is 2. The molecule has 1 aromatic heterocycles. The lowest BCUT2D eigenvalue weighted by atomic mass is 9.81. The van der Waals surface area contributed by atoms with Crippen molar-refractivity contribution in [3.05, 3.63) is 30.1 Å². The van der Waals surface area contributed by atoms with E-state index in [0.29, 0.717) is 5.54 Å². The molecule has 3 nitrogen and oxygen atoms in total. The van der Waals surface area contributed by atoms with Crippen LogP contribution >= 0.6 is 0 Å². The van der Waals surface area contributed by atoms with Crippen LogP contribution in [0.2, 0.25) is 0 Å². The molecule has 3 saturated heterocycles. The fraction of sp³-hybridized carbons (Fsp3) is 0.722. The van der Waals surface area contributed by atoms with Crippen LogP contribution in [-0.2, 0) is 6.42 Å². The van der Waals surface area contributed by atoms with Crippen LogP contribution in [0.15, 0.2) is 24.4 Å². The normalized spacial score (nSPS) is 31.3. The summed E-state index contributed by atoms with van der Waals surface area (Å²) < 4.78 is 0. The van der Waals surface area contributed by atoms with Gasteiger partial charge in [-0.1, -0.05) is 18.9 Å². The molecule has 0 amide bonds. The monoisotopic (exact) mass is 288 g/mol. The first-order valence-corrected chi connectivity index (χ1v) is 8.85. The lowest BCUT2D eigenvalue weighted by molar-refractivity contribution is -0.983. The van der Waals surface area contributed by atoms with Gasteiger partial charge in [0, 0.05) is 31.2 Å². The lowest BCUT2D eigenvalue weighted by Crippen LogP contribution is -3.24. The molecule has 0 aromatic carbocycles. The Morgan fingerprint density at radius 1 is 1.00 bits per heavy atom. The van der Waals surface area contributed by atoms with Crippen molar-refractivity contribution in [2.24, 2.45) is 0 Å². The Morgan fingerprint density at radius 2 is 1.86 bits per heavy atom. The van der Waals surface area contributed by atoms with E-state index in [0.717, 1.165) is 0 Å². The van der Waals surface area contributed by atoms with Crippen LogP contribution in [0.4, 0.5) is 0 Å². The van der Waals surface area contributed by atoms with Gasteiger partial charge in [-0.3, -0.25) is 4.98 Å².